The lowest BCUT2D eigenvalue weighted by molar-refractivity contribution is -0.130. The van der Waals surface area contributed by atoms with Gasteiger partial charge in [-0.1, -0.05) is 13.8 Å². The van der Waals surface area contributed by atoms with Crippen LogP contribution < -0.4 is 5.32 Å². The van der Waals surface area contributed by atoms with Gasteiger partial charge in [0.2, 0.25) is 5.91 Å². The van der Waals surface area contributed by atoms with Gasteiger partial charge in [0.1, 0.15) is 6.61 Å². The van der Waals surface area contributed by atoms with Crippen LogP contribution in [-0.4, -0.2) is 24.7 Å². The van der Waals surface area contributed by atoms with E-state index in [1.54, 1.807) is 0 Å². The second kappa shape index (κ2) is 4.12. The van der Waals surface area contributed by atoms with E-state index in [0.29, 0.717) is 11.3 Å². The number of carbonyl (C=O) groups is 1. The van der Waals surface area contributed by atoms with Crippen molar-refractivity contribution in [1.82, 2.24) is 5.32 Å². The lowest BCUT2D eigenvalue weighted by Gasteiger charge is -2.19. The summed E-state index contributed by atoms with van der Waals surface area (Å²) in [5.74, 6) is 0.642. The van der Waals surface area contributed by atoms with E-state index >= 15 is 0 Å². The predicted octanol–water partition coefficient (Wildman–Crippen LogP) is 1.96. The van der Waals surface area contributed by atoms with Crippen LogP contribution in [0.3, 0.4) is 0 Å². The lowest BCUT2D eigenvalue weighted by atomic mass is 10.1. The van der Waals surface area contributed by atoms with Gasteiger partial charge in [-0.05, 0) is 38.5 Å². The molecule has 0 radical (unpaired) electrons. The Balaban J connectivity index is 2.10. The van der Waals surface area contributed by atoms with Crippen LogP contribution in [0.1, 0.15) is 41.0 Å². The number of rotatable bonds is 4. The second-order valence-electron chi connectivity index (χ2n) is 6.09. The Labute approximate surface area is 92.6 Å². The highest BCUT2D eigenvalue weighted by atomic mass is 16.5. The Hall–Kier alpha value is -0.570. The Kier molecular flexibility index (Phi) is 3.44. The van der Waals surface area contributed by atoms with Gasteiger partial charge in [0.25, 0.3) is 0 Å². The van der Waals surface area contributed by atoms with Gasteiger partial charge in [-0.3, -0.25) is 4.79 Å². The summed E-state index contributed by atoms with van der Waals surface area (Å²) in [6, 6.07) is 0. The Morgan fingerprint density at radius 1 is 1.47 bits per heavy atom. The Morgan fingerprint density at radius 3 is 2.40 bits per heavy atom. The number of carbonyl (C=O) groups excluding carboxylic acids is 1. The maximum Gasteiger partial charge on any atom is 0.246 e. The van der Waals surface area contributed by atoms with Gasteiger partial charge in [-0.2, -0.15) is 0 Å². The summed E-state index contributed by atoms with van der Waals surface area (Å²) in [5.41, 5.74) is 0.189. The number of hydrogen-bond donors (Lipinski definition) is 1. The van der Waals surface area contributed by atoms with E-state index in [0.717, 1.165) is 6.54 Å². The summed E-state index contributed by atoms with van der Waals surface area (Å²) >= 11 is 0. The summed E-state index contributed by atoms with van der Waals surface area (Å²) in [7, 11) is 0. The predicted molar refractivity (Wildman–Crippen MR) is 60.6 cm³/mol. The molecule has 0 bridgehead atoms. The van der Waals surface area contributed by atoms with Crippen molar-refractivity contribution in [3.8, 4) is 0 Å². The summed E-state index contributed by atoms with van der Waals surface area (Å²) in [5, 5.41) is 2.91. The van der Waals surface area contributed by atoms with Crippen molar-refractivity contribution in [3.63, 3.8) is 0 Å². The molecule has 0 saturated heterocycles. The number of ether oxygens (including phenoxy) is 1. The van der Waals surface area contributed by atoms with E-state index < -0.39 is 0 Å². The fraction of sp³-hybridized carbons (Fsp3) is 0.917. The molecule has 0 aromatic carbocycles. The van der Waals surface area contributed by atoms with Gasteiger partial charge < -0.3 is 10.1 Å². The fourth-order valence-corrected chi connectivity index (χ4v) is 1.49. The summed E-state index contributed by atoms with van der Waals surface area (Å²) in [4.78, 5) is 11.4. The molecule has 0 spiro atoms. The minimum Gasteiger partial charge on any atom is -0.366 e. The van der Waals surface area contributed by atoms with Crippen LogP contribution >= 0.6 is 0 Å². The molecule has 0 aromatic heterocycles. The molecule has 1 atom stereocenters. The second-order valence-corrected chi connectivity index (χ2v) is 6.09. The standard InChI is InChI=1S/C12H23NO2/c1-11(2,3)15-8-10(14)13-7-9-6-12(9,4)5/h9H,6-8H2,1-5H3,(H,13,14). The molecule has 1 saturated carbocycles. The molecule has 0 aromatic rings. The average molecular weight is 213 g/mol. The van der Waals surface area contributed by atoms with Gasteiger partial charge in [-0.15, -0.1) is 0 Å². The molecule has 1 rings (SSSR count). The molecule has 1 fully saturated rings. The van der Waals surface area contributed by atoms with Crippen LogP contribution in [0.2, 0.25) is 0 Å². The third-order valence-corrected chi connectivity index (χ3v) is 2.90. The summed E-state index contributed by atoms with van der Waals surface area (Å²) in [6.07, 6.45) is 1.22. The highest BCUT2D eigenvalue weighted by Gasteiger charge is 2.45. The third kappa shape index (κ3) is 4.65. The quantitative estimate of drug-likeness (QED) is 0.775. The van der Waals surface area contributed by atoms with Crippen LogP contribution in [0.25, 0.3) is 0 Å². The maximum absolute atomic E-state index is 11.4. The molecule has 1 N–H and O–H groups in total. The Morgan fingerprint density at radius 2 is 2.00 bits per heavy atom. The highest BCUT2D eigenvalue weighted by Crippen LogP contribution is 2.50. The first-order valence-corrected chi connectivity index (χ1v) is 5.61. The van der Waals surface area contributed by atoms with Crippen molar-refractivity contribution in [3.05, 3.63) is 0 Å². The first-order chi connectivity index (χ1) is 6.71. The first-order valence-electron chi connectivity index (χ1n) is 5.61. The summed E-state index contributed by atoms with van der Waals surface area (Å²) < 4.78 is 5.38. The summed E-state index contributed by atoms with van der Waals surface area (Å²) in [6.45, 7) is 11.3. The maximum atomic E-state index is 11.4. The number of hydrogen-bond acceptors (Lipinski definition) is 2. The minimum absolute atomic E-state index is 0.00683. The van der Waals surface area contributed by atoms with E-state index in [1.807, 2.05) is 20.8 Å². The zero-order valence-corrected chi connectivity index (χ0v) is 10.5. The lowest BCUT2D eigenvalue weighted by Crippen LogP contribution is -2.33. The van der Waals surface area contributed by atoms with Crippen molar-refractivity contribution >= 4 is 5.91 Å². The van der Waals surface area contributed by atoms with Crippen LogP contribution in [-0.2, 0) is 9.53 Å². The van der Waals surface area contributed by atoms with Gasteiger partial charge in [0, 0.05) is 6.54 Å². The monoisotopic (exact) mass is 213 g/mol. The van der Waals surface area contributed by atoms with E-state index in [9.17, 15) is 4.79 Å². The average Bonchev–Trinajstić information content (AvgIpc) is 2.66. The van der Waals surface area contributed by atoms with Crippen molar-refractivity contribution in [1.29, 1.82) is 0 Å². The normalized spacial score (nSPS) is 23.7. The molecule has 0 aliphatic heterocycles. The molecule has 1 aliphatic carbocycles. The van der Waals surface area contributed by atoms with Gasteiger partial charge >= 0.3 is 0 Å². The molecule has 88 valence electrons. The van der Waals surface area contributed by atoms with Crippen LogP contribution in [0.15, 0.2) is 0 Å². The van der Waals surface area contributed by atoms with Crippen LogP contribution in [0, 0.1) is 11.3 Å². The van der Waals surface area contributed by atoms with E-state index in [2.05, 4.69) is 19.2 Å². The molecule has 0 heterocycles. The number of nitrogens with one attached hydrogen (secondary N) is 1. The zero-order chi connectivity index (χ0) is 11.7. The Bertz CT molecular complexity index is 240. The van der Waals surface area contributed by atoms with E-state index in [4.69, 9.17) is 4.74 Å². The molecule has 3 nitrogen and oxygen atoms in total. The van der Waals surface area contributed by atoms with E-state index in [-0.39, 0.29) is 18.1 Å². The van der Waals surface area contributed by atoms with Crippen LogP contribution in [0.5, 0.6) is 0 Å². The van der Waals surface area contributed by atoms with Gasteiger partial charge in [0.05, 0.1) is 5.60 Å². The first kappa shape index (κ1) is 12.5. The molecule has 3 heteroatoms. The number of amides is 1. The largest absolute Gasteiger partial charge is 0.366 e. The molecular weight excluding hydrogens is 190 g/mol. The van der Waals surface area contributed by atoms with Crippen molar-refractivity contribution in [2.24, 2.45) is 11.3 Å². The van der Waals surface area contributed by atoms with Crippen molar-refractivity contribution in [2.75, 3.05) is 13.2 Å². The van der Waals surface area contributed by atoms with Crippen molar-refractivity contribution in [2.45, 2.75) is 46.6 Å². The third-order valence-electron chi connectivity index (χ3n) is 2.90. The van der Waals surface area contributed by atoms with Gasteiger partial charge in [-0.25, -0.2) is 0 Å². The topological polar surface area (TPSA) is 38.3 Å². The smallest absolute Gasteiger partial charge is 0.246 e. The molecule has 1 aliphatic rings. The highest BCUT2D eigenvalue weighted by molar-refractivity contribution is 5.77. The minimum atomic E-state index is -0.240. The fourth-order valence-electron chi connectivity index (χ4n) is 1.49. The van der Waals surface area contributed by atoms with Crippen LogP contribution in [0.4, 0.5) is 0 Å². The van der Waals surface area contributed by atoms with E-state index in [1.165, 1.54) is 6.42 Å². The molecule has 1 unspecified atom stereocenters. The SMILES string of the molecule is CC(C)(C)OCC(=O)NCC1CC1(C)C. The van der Waals surface area contributed by atoms with Gasteiger partial charge in [0.15, 0.2) is 0 Å². The molecule has 1 amide bonds. The van der Waals surface area contributed by atoms with Crippen molar-refractivity contribution < 1.29 is 9.53 Å². The zero-order valence-electron chi connectivity index (χ0n) is 10.5. The molecule has 15 heavy (non-hydrogen) atoms. The molecular formula is C12H23NO2.